The summed E-state index contributed by atoms with van der Waals surface area (Å²) in [6.07, 6.45) is 1.14. The maximum atomic E-state index is 6.00. The van der Waals surface area contributed by atoms with E-state index >= 15 is 0 Å². The van der Waals surface area contributed by atoms with Crippen molar-refractivity contribution in [2.45, 2.75) is 59.2 Å². The summed E-state index contributed by atoms with van der Waals surface area (Å²) in [5.41, 5.74) is 1.45. The van der Waals surface area contributed by atoms with E-state index in [4.69, 9.17) is 4.74 Å². The summed E-state index contributed by atoms with van der Waals surface area (Å²) in [5.74, 6) is 0.994. The lowest BCUT2D eigenvalue weighted by Crippen LogP contribution is -2.42. The lowest BCUT2D eigenvalue weighted by molar-refractivity contribution is 0.125. The van der Waals surface area contributed by atoms with Gasteiger partial charge >= 0.3 is 0 Å². The highest BCUT2D eigenvalue weighted by atomic mass is 16.5. The van der Waals surface area contributed by atoms with Gasteiger partial charge in [-0.2, -0.15) is 0 Å². The molecule has 0 radical (unpaired) electrons. The topological polar surface area (TPSA) is 24.5 Å². The van der Waals surface area contributed by atoms with Crippen molar-refractivity contribution >= 4 is 0 Å². The maximum Gasteiger partial charge on any atom is 0.123 e. The van der Waals surface area contributed by atoms with Crippen LogP contribution in [-0.4, -0.2) is 36.7 Å². The number of benzene rings is 1. The quantitative estimate of drug-likeness (QED) is 0.751. The second kappa shape index (κ2) is 8.40. The standard InChI is InChI=1S/C18H32N2O/c1-7-18(4,5)20(6)12-13-21-17-11-9-8-10-16(17)14-19-15(2)3/h8-11,15,19H,7,12-14H2,1-6H3. The molecule has 1 aromatic rings. The van der Waals surface area contributed by atoms with Crippen LogP contribution in [0.2, 0.25) is 0 Å². The number of rotatable bonds is 9. The third kappa shape index (κ3) is 6.06. The molecule has 3 nitrogen and oxygen atoms in total. The Morgan fingerprint density at radius 2 is 1.90 bits per heavy atom. The fraction of sp³-hybridized carbons (Fsp3) is 0.667. The molecule has 0 amide bonds. The minimum atomic E-state index is 0.224. The summed E-state index contributed by atoms with van der Waals surface area (Å²) in [6, 6.07) is 8.77. The third-order valence-electron chi connectivity index (χ3n) is 4.26. The molecule has 0 fully saturated rings. The first-order valence-corrected chi connectivity index (χ1v) is 8.02. The van der Waals surface area contributed by atoms with E-state index in [-0.39, 0.29) is 5.54 Å². The van der Waals surface area contributed by atoms with Crippen LogP contribution in [0.15, 0.2) is 24.3 Å². The van der Waals surface area contributed by atoms with Crippen LogP contribution >= 0.6 is 0 Å². The molecule has 21 heavy (non-hydrogen) atoms. The summed E-state index contributed by atoms with van der Waals surface area (Å²) in [6.45, 7) is 13.6. The van der Waals surface area contributed by atoms with E-state index < -0.39 is 0 Å². The Hall–Kier alpha value is -1.06. The molecule has 0 aliphatic heterocycles. The van der Waals surface area contributed by atoms with Crippen molar-refractivity contribution in [3.63, 3.8) is 0 Å². The minimum absolute atomic E-state index is 0.224. The van der Waals surface area contributed by atoms with E-state index in [2.05, 4.69) is 70.1 Å². The summed E-state index contributed by atoms with van der Waals surface area (Å²) >= 11 is 0. The second-order valence-corrected chi connectivity index (χ2v) is 6.58. The molecule has 0 aliphatic rings. The molecule has 120 valence electrons. The molecule has 0 bridgehead atoms. The lowest BCUT2D eigenvalue weighted by atomic mass is 10.0. The third-order valence-corrected chi connectivity index (χ3v) is 4.26. The number of likely N-dealkylation sites (N-methyl/N-ethyl adjacent to an activating group) is 1. The highest BCUT2D eigenvalue weighted by Crippen LogP contribution is 2.19. The van der Waals surface area contributed by atoms with E-state index in [0.29, 0.717) is 6.04 Å². The molecule has 0 saturated carbocycles. The number of nitrogens with zero attached hydrogens (tertiary/aromatic N) is 1. The lowest BCUT2D eigenvalue weighted by Gasteiger charge is -2.34. The summed E-state index contributed by atoms with van der Waals surface area (Å²) in [5, 5.41) is 3.44. The van der Waals surface area contributed by atoms with Crippen LogP contribution in [0.25, 0.3) is 0 Å². The molecule has 3 heteroatoms. The largest absolute Gasteiger partial charge is 0.492 e. The van der Waals surface area contributed by atoms with Gasteiger partial charge in [0.25, 0.3) is 0 Å². The van der Waals surface area contributed by atoms with Crippen LogP contribution in [0, 0.1) is 0 Å². The van der Waals surface area contributed by atoms with Crippen molar-refractivity contribution in [2.75, 3.05) is 20.2 Å². The average molecular weight is 292 g/mol. The molecule has 0 aliphatic carbocycles. The normalized spacial score (nSPS) is 12.2. The summed E-state index contributed by atoms with van der Waals surface area (Å²) in [7, 11) is 2.17. The molecule has 1 N–H and O–H groups in total. The van der Waals surface area contributed by atoms with Crippen molar-refractivity contribution in [3.05, 3.63) is 29.8 Å². The maximum absolute atomic E-state index is 6.00. The molecule has 0 spiro atoms. The zero-order valence-corrected chi connectivity index (χ0v) is 14.6. The fourth-order valence-corrected chi connectivity index (χ4v) is 1.97. The van der Waals surface area contributed by atoms with Gasteiger partial charge in [0, 0.05) is 30.2 Å². The van der Waals surface area contributed by atoms with Crippen LogP contribution in [-0.2, 0) is 6.54 Å². The minimum Gasteiger partial charge on any atom is -0.492 e. The Bertz CT molecular complexity index is 415. The van der Waals surface area contributed by atoms with Crippen LogP contribution < -0.4 is 10.1 Å². The van der Waals surface area contributed by atoms with Gasteiger partial charge in [0.05, 0.1) is 0 Å². The molecular formula is C18H32N2O. The highest BCUT2D eigenvalue weighted by Gasteiger charge is 2.20. The molecule has 0 aromatic heterocycles. The van der Waals surface area contributed by atoms with Gasteiger partial charge in [-0.25, -0.2) is 0 Å². The number of nitrogens with one attached hydrogen (secondary N) is 1. The average Bonchev–Trinajstić information content (AvgIpc) is 2.45. The van der Waals surface area contributed by atoms with Crippen LogP contribution in [0.1, 0.15) is 46.6 Å². The number of hydrogen-bond acceptors (Lipinski definition) is 3. The van der Waals surface area contributed by atoms with Gasteiger partial charge in [0.15, 0.2) is 0 Å². The van der Waals surface area contributed by atoms with Crippen LogP contribution in [0.5, 0.6) is 5.75 Å². The molecule has 0 atom stereocenters. The van der Waals surface area contributed by atoms with Crippen LogP contribution in [0.4, 0.5) is 0 Å². The zero-order valence-electron chi connectivity index (χ0n) is 14.6. The van der Waals surface area contributed by atoms with Crippen molar-refractivity contribution in [1.29, 1.82) is 0 Å². The van der Waals surface area contributed by atoms with Gasteiger partial charge in [0.2, 0.25) is 0 Å². The van der Waals surface area contributed by atoms with Crippen molar-refractivity contribution < 1.29 is 4.74 Å². The SMILES string of the molecule is CCC(C)(C)N(C)CCOc1ccccc1CNC(C)C. The van der Waals surface area contributed by atoms with Crippen molar-refractivity contribution in [3.8, 4) is 5.75 Å². The molecule has 0 saturated heterocycles. The van der Waals surface area contributed by atoms with Crippen molar-refractivity contribution in [1.82, 2.24) is 10.2 Å². The van der Waals surface area contributed by atoms with Gasteiger partial charge in [0.1, 0.15) is 12.4 Å². The van der Waals surface area contributed by atoms with Gasteiger partial charge in [-0.3, -0.25) is 4.90 Å². The predicted octanol–water partition coefficient (Wildman–Crippen LogP) is 3.68. The molecule has 0 heterocycles. The first-order valence-electron chi connectivity index (χ1n) is 8.02. The van der Waals surface area contributed by atoms with Gasteiger partial charge in [-0.1, -0.05) is 39.0 Å². The molecule has 0 unspecified atom stereocenters. The van der Waals surface area contributed by atoms with E-state index in [0.717, 1.165) is 31.9 Å². The van der Waals surface area contributed by atoms with E-state index in [9.17, 15) is 0 Å². The van der Waals surface area contributed by atoms with Crippen molar-refractivity contribution in [2.24, 2.45) is 0 Å². The van der Waals surface area contributed by atoms with Crippen LogP contribution in [0.3, 0.4) is 0 Å². The van der Waals surface area contributed by atoms with E-state index in [1.54, 1.807) is 0 Å². The summed E-state index contributed by atoms with van der Waals surface area (Å²) in [4.78, 5) is 2.36. The van der Waals surface area contributed by atoms with Gasteiger partial charge < -0.3 is 10.1 Å². The Balaban J connectivity index is 2.52. The Labute approximate surface area is 130 Å². The van der Waals surface area contributed by atoms with E-state index in [1.807, 2.05) is 6.07 Å². The number of ether oxygens (including phenoxy) is 1. The zero-order chi connectivity index (χ0) is 15.9. The van der Waals surface area contributed by atoms with E-state index in [1.165, 1.54) is 5.56 Å². The molecule has 1 rings (SSSR count). The Morgan fingerprint density at radius 1 is 1.24 bits per heavy atom. The fourth-order valence-electron chi connectivity index (χ4n) is 1.97. The Morgan fingerprint density at radius 3 is 2.52 bits per heavy atom. The van der Waals surface area contributed by atoms with Gasteiger partial charge in [-0.15, -0.1) is 0 Å². The number of para-hydroxylation sites is 1. The molecular weight excluding hydrogens is 260 g/mol. The van der Waals surface area contributed by atoms with Gasteiger partial charge in [-0.05, 0) is 33.4 Å². The predicted molar refractivity (Wildman–Crippen MR) is 90.9 cm³/mol. The summed E-state index contributed by atoms with van der Waals surface area (Å²) < 4.78 is 6.00. The second-order valence-electron chi connectivity index (χ2n) is 6.58. The monoisotopic (exact) mass is 292 g/mol. The highest BCUT2D eigenvalue weighted by molar-refractivity contribution is 5.33. The first kappa shape index (κ1) is 18.0. The first-order chi connectivity index (χ1) is 9.86. The Kier molecular flexibility index (Phi) is 7.20. The molecule has 1 aromatic carbocycles. The number of hydrogen-bond donors (Lipinski definition) is 1. The smallest absolute Gasteiger partial charge is 0.123 e.